The molecule has 2 rings (SSSR count). The number of fused-ring (bicyclic) bond motifs is 1. The van der Waals surface area contributed by atoms with Crippen molar-refractivity contribution >= 4 is 17.3 Å². The van der Waals surface area contributed by atoms with Crippen LogP contribution in [-0.2, 0) is 11.3 Å². The Balaban J connectivity index is 2.84. The molecular weight excluding hydrogens is 192 g/mol. The van der Waals surface area contributed by atoms with Crippen molar-refractivity contribution in [1.82, 2.24) is 9.55 Å². The van der Waals surface area contributed by atoms with Crippen LogP contribution in [0.5, 0.6) is 0 Å². The fourth-order valence-electron chi connectivity index (χ4n) is 1.53. The number of carbonyl (C=O) groups is 1. The van der Waals surface area contributed by atoms with Crippen LogP contribution in [0.2, 0.25) is 0 Å². The van der Waals surface area contributed by atoms with E-state index in [1.54, 1.807) is 12.3 Å². The van der Waals surface area contributed by atoms with E-state index in [0.717, 1.165) is 11.1 Å². The molecule has 2 aromatic heterocycles. The molecule has 0 aromatic carbocycles. The number of hydrogen-bond donors (Lipinski definition) is 0. The largest absolute Gasteiger partial charge is 0.301 e. The molecule has 0 aliphatic rings. The van der Waals surface area contributed by atoms with Crippen LogP contribution in [0.15, 0.2) is 29.2 Å². The molecule has 76 valence electrons. The molecule has 0 atom stereocenters. The lowest BCUT2D eigenvalue weighted by atomic mass is 10.2. The second-order valence-electron chi connectivity index (χ2n) is 3.37. The van der Waals surface area contributed by atoms with Gasteiger partial charge in [-0.15, -0.1) is 0 Å². The van der Waals surface area contributed by atoms with Gasteiger partial charge < -0.3 is 4.79 Å². The maximum Gasteiger partial charge on any atom is 0.251 e. The molecule has 0 saturated heterocycles. The Morgan fingerprint density at radius 2 is 2.27 bits per heavy atom. The number of aldehydes is 1. The fourth-order valence-corrected chi connectivity index (χ4v) is 1.53. The monoisotopic (exact) mass is 202 g/mol. The Labute approximate surface area is 86.2 Å². The van der Waals surface area contributed by atoms with Crippen molar-refractivity contribution in [3.8, 4) is 0 Å². The molecule has 4 nitrogen and oxygen atoms in total. The lowest BCUT2D eigenvalue weighted by molar-refractivity contribution is -0.108. The van der Waals surface area contributed by atoms with Crippen LogP contribution in [0.3, 0.4) is 0 Å². The molecule has 0 radical (unpaired) electrons. The highest BCUT2D eigenvalue weighted by atomic mass is 16.1. The van der Waals surface area contributed by atoms with Crippen LogP contribution >= 0.6 is 0 Å². The van der Waals surface area contributed by atoms with E-state index < -0.39 is 0 Å². The molecule has 0 bridgehead atoms. The van der Waals surface area contributed by atoms with Gasteiger partial charge in [-0.3, -0.25) is 14.3 Å². The first-order valence-corrected chi connectivity index (χ1v) is 4.62. The first-order chi connectivity index (χ1) is 7.22. The number of pyridine rings is 2. The lowest BCUT2D eigenvalue weighted by Gasteiger charge is -2.06. The van der Waals surface area contributed by atoms with Gasteiger partial charge in [-0.25, -0.2) is 0 Å². The molecule has 0 N–H and O–H groups in total. The van der Waals surface area contributed by atoms with Crippen molar-refractivity contribution in [1.29, 1.82) is 0 Å². The topological polar surface area (TPSA) is 52.0 Å². The van der Waals surface area contributed by atoms with Gasteiger partial charge in [0.05, 0.1) is 17.6 Å². The van der Waals surface area contributed by atoms with Crippen LogP contribution in [0.1, 0.15) is 5.56 Å². The minimum atomic E-state index is -0.179. The SMILES string of the molecule is Cc1cnc2ccc(=O)n(CC=O)c2c1. The second kappa shape index (κ2) is 3.65. The summed E-state index contributed by atoms with van der Waals surface area (Å²) < 4.78 is 1.42. The summed E-state index contributed by atoms with van der Waals surface area (Å²) >= 11 is 0. The third-order valence-electron chi connectivity index (χ3n) is 2.23. The maximum absolute atomic E-state index is 11.5. The van der Waals surface area contributed by atoms with E-state index in [1.807, 2.05) is 13.0 Å². The standard InChI is InChI=1S/C11H10N2O2/c1-8-6-10-9(12-7-8)2-3-11(15)13(10)4-5-14/h2-3,5-7H,4H2,1H3. The van der Waals surface area contributed by atoms with Gasteiger partial charge in [0, 0.05) is 12.3 Å². The molecule has 15 heavy (non-hydrogen) atoms. The normalized spacial score (nSPS) is 10.5. The lowest BCUT2D eigenvalue weighted by Crippen LogP contribution is -2.20. The average molecular weight is 202 g/mol. The van der Waals surface area contributed by atoms with Crippen molar-refractivity contribution in [2.24, 2.45) is 0 Å². The predicted octanol–water partition coefficient (Wildman–Crippen LogP) is 0.904. The van der Waals surface area contributed by atoms with E-state index >= 15 is 0 Å². The smallest absolute Gasteiger partial charge is 0.251 e. The fraction of sp³-hybridized carbons (Fsp3) is 0.182. The second-order valence-corrected chi connectivity index (χ2v) is 3.37. The molecule has 0 unspecified atom stereocenters. The van der Waals surface area contributed by atoms with Gasteiger partial charge in [0.1, 0.15) is 6.29 Å². The van der Waals surface area contributed by atoms with Crippen LogP contribution in [0.25, 0.3) is 11.0 Å². The Kier molecular flexibility index (Phi) is 2.33. The summed E-state index contributed by atoms with van der Waals surface area (Å²) in [5.41, 5.74) is 2.21. The van der Waals surface area contributed by atoms with E-state index in [2.05, 4.69) is 4.98 Å². The van der Waals surface area contributed by atoms with E-state index in [0.29, 0.717) is 11.8 Å². The van der Waals surface area contributed by atoms with Gasteiger partial charge in [0.2, 0.25) is 0 Å². The average Bonchev–Trinajstić information content (AvgIpc) is 2.23. The Hall–Kier alpha value is -1.97. The highest BCUT2D eigenvalue weighted by molar-refractivity contribution is 5.75. The van der Waals surface area contributed by atoms with E-state index in [-0.39, 0.29) is 12.1 Å². The molecule has 0 aliphatic carbocycles. The number of carbonyl (C=O) groups excluding carboxylic acids is 1. The van der Waals surface area contributed by atoms with E-state index in [4.69, 9.17) is 0 Å². The van der Waals surface area contributed by atoms with Crippen molar-refractivity contribution in [3.63, 3.8) is 0 Å². The molecule has 0 aliphatic heterocycles. The summed E-state index contributed by atoms with van der Waals surface area (Å²) in [5.74, 6) is 0. The molecule has 2 aromatic rings. The third-order valence-corrected chi connectivity index (χ3v) is 2.23. The first kappa shape index (κ1) is 9.58. The predicted molar refractivity (Wildman–Crippen MR) is 56.8 cm³/mol. The summed E-state index contributed by atoms with van der Waals surface area (Å²) in [7, 11) is 0. The van der Waals surface area contributed by atoms with E-state index in [9.17, 15) is 9.59 Å². The zero-order chi connectivity index (χ0) is 10.8. The quantitative estimate of drug-likeness (QED) is 0.680. The summed E-state index contributed by atoms with van der Waals surface area (Å²) in [4.78, 5) is 26.2. The zero-order valence-electron chi connectivity index (χ0n) is 8.30. The number of nitrogens with zero attached hydrogens (tertiary/aromatic N) is 2. The number of hydrogen-bond acceptors (Lipinski definition) is 3. The third kappa shape index (κ3) is 1.66. The summed E-state index contributed by atoms with van der Waals surface area (Å²) in [6.45, 7) is 1.97. The molecule has 0 saturated carbocycles. The minimum Gasteiger partial charge on any atom is -0.301 e. The highest BCUT2D eigenvalue weighted by Crippen LogP contribution is 2.10. The Morgan fingerprint density at radius 1 is 1.47 bits per heavy atom. The van der Waals surface area contributed by atoms with Gasteiger partial charge in [-0.2, -0.15) is 0 Å². The Bertz CT molecular complexity index is 572. The van der Waals surface area contributed by atoms with Crippen molar-refractivity contribution < 1.29 is 4.79 Å². The first-order valence-electron chi connectivity index (χ1n) is 4.62. The van der Waals surface area contributed by atoms with Crippen LogP contribution in [0.4, 0.5) is 0 Å². The van der Waals surface area contributed by atoms with Gasteiger partial charge in [-0.05, 0) is 24.6 Å². The van der Waals surface area contributed by atoms with Crippen molar-refractivity contribution in [2.45, 2.75) is 13.5 Å². The summed E-state index contributed by atoms with van der Waals surface area (Å²) in [5, 5.41) is 0. The van der Waals surface area contributed by atoms with Gasteiger partial charge in [0.15, 0.2) is 0 Å². The number of aryl methyl sites for hydroxylation is 1. The summed E-state index contributed by atoms with van der Waals surface area (Å²) in [6, 6.07) is 4.94. The minimum absolute atomic E-state index is 0.0707. The van der Waals surface area contributed by atoms with Gasteiger partial charge in [0.25, 0.3) is 5.56 Å². The number of rotatable bonds is 2. The van der Waals surface area contributed by atoms with Crippen LogP contribution in [0, 0.1) is 6.92 Å². The zero-order valence-corrected chi connectivity index (χ0v) is 8.30. The molecule has 4 heteroatoms. The highest BCUT2D eigenvalue weighted by Gasteiger charge is 2.03. The molecular formula is C11H10N2O2. The summed E-state index contributed by atoms with van der Waals surface area (Å²) in [6.07, 6.45) is 2.45. The van der Waals surface area contributed by atoms with Gasteiger partial charge in [-0.1, -0.05) is 0 Å². The van der Waals surface area contributed by atoms with Gasteiger partial charge >= 0.3 is 0 Å². The molecule has 2 heterocycles. The van der Waals surface area contributed by atoms with Crippen LogP contribution < -0.4 is 5.56 Å². The molecule has 0 fully saturated rings. The number of aromatic nitrogens is 2. The van der Waals surface area contributed by atoms with E-state index in [1.165, 1.54) is 10.6 Å². The Morgan fingerprint density at radius 3 is 3.00 bits per heavy atom. The van der Waals surface area contributed by atoms with Crippen molar-refractivity contribution in [3.05, 3.63) is 40.3 Å². The van der Waals surface area contributed by atoms with Crippen LogP contribution in [-0.4, -0.2) is 15.8 Å². The molecule has 0 spiro atoms. The molecule has 0 amide bonds. The van der Waals surface area contributed by atoms with Crippen molar-refractivity contribution in [2.75, 3.05) is 0 Å². The maximum atomic E-state index is 11.5.